The largest absolute Gasteiger partial charge is 0.356 e. The molecule has 0 unspecified atom stereocenters. The minimum atomic E-state index is -0.479. The van der Waals surface area contributed by atoms with Crippen LogP contribution in [0, 0.1) is 10.1 Å². The Morgan fingerprint density at radius 2 is 1.81 bits per heavy atom. The Hall–Kier alpha value is -2.47. The normalized spacial score (nSPS) is 10.5. The summed E-state index contributed by atoms with van der Waals surface area (Å²) in [6.07, 6.45) is 2.73. The van der Waals surface area contributed by atoms with Gasteiger partial charge in [0.2, 0.25) is 0 Å². The molecule has 106 valence electrons. The lowest BCUT2D eigenvalue weighted by Gasteiger charge is -2.01. The molecule has 0 bridgehead atoms. The first-order chi connectivity index (χ1) is 10.1. The molecule has 5 nitrogen and oxygen atoms in total. The molecular formula is C15H11BrN2O3. The van der Waals surface area contributed by atoms with Crippen molar-refractivity contribution in [2.45, 2.75) is 0 Å². The van der Waals surface area contributed by atoms with Crippen LogP contribution in [0.2, 0.25) is 0 Å². The molecule has 0 radical (unpaired) electrons. The van der Waals surface area contributed by atoms with Crippen LogP contribution in [-0.2, 0) is 0 Å². The van der Waals surface area contributed by atoms with Crippen molar-refractivity contribution in [1.29, 1.82) is 0 Å². The molecule has 21 heavy (non-hydrogen) atoms. The van der Waals surface area contributed by atoms with Gasteiger partial charge in [0.1, 0.15) is 5.69 Å². The Labute approximate surface area is 129 Å². The topological polar surface area (TPSA) is 72.2 Å². The summed E-state index contributed by atoms with van der Waals surface area (Å²) >= 11 is 3.29. The first kappa shape index (κ1) is 14.9. The molecule has 0 amide bonds. The summed E-state index contributed by atoms with van der Waals surface area (Å²) in [5.74, 6) is -0.186. The molecule has 0 atom stereocenters. The second-order valence-corrected chi connectivity index (χ2v) is 5.04. The molecule has 0 saturated carbocycles. The SMILES string of the molecule is O=C(C=CNc1ccccc1[N+](=O)[O-])c1ccc(Br)cc1. The lowest BCUT2D eigenvalue weighted by molar-refractivity contribution is -0.383. The van der Waals surface area contributed by atoms with E-state index < -0.39 is 4.92 Å². The van der Waals surface area contributed by atoms with Crippen LogP contribution in [0.25, 0.3) is 0 Å². The molecular weight excluding hydrogens is 336 g/mol. The predicted octanol–water partition coefficient (Wildman–Crippen LogP) is 4.17. The van der Waals surface area contributed by atoms with E-state index in [4.69, 9.17) is 0 Å². The zero-order valence-corrected chi connectivity index (χ0v) is 12.4. The summed E-state index contributed by atoms with van der Waals surface area (Å²) in [4.78, 5) is 22.3. The zero-order valence-electron chi connectivity index (χ0n) is 10.8. The summed E-state index contributed by atoms with van der Waals surface area (Å²) in [6.45, 7) is 0. The molecule has 0 aliphatic rings. The van der Waals surface area contributed by atoms with Gasteiger partial charge in [0.25, 0.3) is 5.69 Å². The monoisotopic (exact) mass is 346 g/mol. The van der Waals surface area contributed by atoms with E-state index in [0.717, 1.165) is 4.47 Å². The molecule has 0 aliphatic heterocycles. The number of allylic oxidation sites excluding steroid dienone is 1. The van der Waals surface area contributed by atoms with Crippen molar-refractivity contribution in [3.8, 4) is 0 Å². The first-order valence-corrected chi connectivity index (χ1v) is 6.83. The quantitative estimate of drug-likeness (QED) is 0.381. The van der Waals surface area contributed by atoms with Crippen LogP contribution in [0.3, 0.4) is 0 Å². The Morgan fingerprint density at radius 1 is 1.14 bits per heavy atom. The van der Waals surface area contributed by atoms with E-state index >= 15 is 0 Å². The van der Waals surface area contributed by atoms with Gasteiger partial charge in [-0.05, 0) is 30.3 Å². The molecule has 1 N–H and O–H groups in total. The fraction of sp³-hybridized carbons (Fsp3) is 0. The highest BCUT2D eigenvalue weighted by atomic mass is 79.9. The average molecular weight is 347 g/mol. The number of ketones is 1. The van der Waals surface area contributed by atoms with Crippen LogP contribution in [0.1, 0.15) is 10.4 Å². The van der Waals surface area contributed by atoms with E-state index in [-0.39, 0.29) is 11.5 Å². The standard InChI is InChI=1S/C15H11BrN2O3/c16-12-7-5-11(6-8-12)15(19)9-10-17-13-3-1-2-4-14(13)18(20)21/h1-10,17H. The van der Waals surface area contributed by atoms with E-state index in [1.807, 2.05) is 0 Å². The number of hydrogen-bond acceptors (Lipinski definition) is 4. The summed E-state index contributed by atoms with van der Waals surface area (Å²) in [5.41, 5.74) is 0.833. The average Bonchev–Trinajstić information content (AvgIpc) is 2.48. The zero-order chi connectivity index (χ0) is 15.2. The second kappa shape index (κ2) is 6.81. The van der Waals surface area contributed by atoms with Gasteiger partial charge >= 0.3 is 0 Å². The van der Waals surface area contributed by atoms with Gasteiger partial charge in [0.05, 0.1) is 4.92 Å². The van der Waals surface area contributed by atoms with E-state index in [9.17, 15) is 14.9 Å². The summed E-state index contributed by atoms with van der Waals surface area (Å²) in [5, 5.41) is 13.6. The van der Waals surface area contributed by atoms with Crippen LogP contribution in [0.5, 0.6) is 0 Å². The van der Waals surface area contributed by atoms with Crippen LogP contribution < -0.4 is 5.32 Å². The van der Waals surface area contributed by atoms with Crippen molar-refractivity contribution in [3.05, 3.63) is 81.0 Å². The van der Waals surface area contributed by atoms with Gasteiger partial charge in [0.15, 0.2) is 5.78 Å². The third kappa shape index (κ3) is 4.00. The number of halogens is 1. The molecule has 0 saturated heterocycles. The highest BCUT2D eigenvalue weighted by Gasteiger charge is 2.10. The molecule has 2 aromatic carbocycles. The number of hydrogen-bond donors (Lipinski definition) is 1. The number of nitrogens with one attached hydrogen (secondary N) is 1. The molecule has 0 heterocycles. The molecule has 0 fully saturated rings. The van der Waals surface area contributed by atoms with E-state index in [2.05, 4.69) is 21.2 Å². The van der Waals surface area contributed by atoms with Gasteiger partial charge < -0.3 is 5.32 Å². The maximum absolute atomic E-state index is 11.9. The van der Waals surface area contributed by atoms with E-state index in [1.54, 1.807) is 42.5 Å². The highest BCUT2D eigenvalue weighted by Crippen LogP contribution is 2.23. The summed E-state index contributed by atoms with van der Waals surface area (Å²) in [7, 11) is 0. The highest BCUT2D eigenvalue weighted by molar-refractivity contribution is 9.10. The van der Waals surface area contributed by atoms with Crippen LogP contribution in [0.15, 0.2) is 65.3 Å². The Morgan fingerprint density at radius 3 is 2.48 bits per heavy atom. The molecule has 2 rings (SSSR count). The lowest BCUT2D eigenvalue weighted by atomic mass is 10.1. The lowest BCUT2D eigenvalue weighted by Crippen LogP contribution is -1.98. The number of carbonyl (C=O) groups excluding carboxylic acids is 1. The van der Waals surface area contributed by atoms with Crippen molar-refractivity contribution in [2.24, 2.45) is 0 Å². The number of carbonyl (C=O) groups is 1. The second-order valence-electron chi connectivity index (χ2n) is 4.12. The Balaban J connectivity index is 2.07. The number of para-hydroxylation sites is 2. The van der Waals surface area contributed by atoms with Crippen LogP contribution in [-0.4, -0.2) is 10.7 Å². The van der Waals surface area contributed by atoms with Crippen molar-refractivity contribution < 1.29 is 9.72 Å². The van der Waals surface area contributed by atoms with Gasteiger partial charge in [0, 0.05) is 28.4 Å². The molecule has 0 aromatic heterocycles. The van der Waals surface area contributed by atoms with Gasteiger partial charge in [-0.15, -0.1) is 0 Å². The van der Waals surface area contributed by atoms with Gasteiger partial charge in [-0.2, -0.15) is 0 Å². The minimum Gasteiger partial charge on any atom is -0.356 e. The van der Waals surface area contributed by atoms with E-state index in [1.165, 1.54) is 18.3 Å². The van der Waals surface area contributed by atoms with Gasteiger partial charge in [-0.1, -0.05) is 28.1 Å². The number of rotatable bonds is 5. The first-order valence-electron chi connectivity index (χ1n) is 6.04. The fourth-order valence-electron chi connectivity index (χ4n) is 1.67. The van der Waals surface area contributed by atoms with Gasteiger partial charge in [-0.25, -0.2) is 0 Å². The van der Waals surface area contributed by atoms with Crippen molar-refractivity contribution in [2.75, 3.05) is 5.32 Å². The third-order valence-electron chi connectivity index (χ3n) is 2.70. The molecule has 2 aromatic rings. The number of nitro groups is 1. The van der Waals surface area contributed by atoms with E-state index in [0.29, 0.717) is 11.3 Å². The summed E-state index contributed by atoms with van der Waals surface area (Å²) < 4.78 is 0.890. The Kier molecular flexibility index (Phi) is 4.84. The van der Waals surface area contributed by atoms with Crippen molar-refractivity contribution in [3.63, 3.8) is 0 Å². The molecule has 0 aliphatic carbocycles. The smallest absolute Gasteiger partial charge is 0.292 e. The minimum absolute atomic E-state index is 0.0433. The van der Waals surface area contributed by atoms with Crippen LogP contribution in [0.4, 0.5) is 11.4 Å². The number of anilines is 1. The van der Waals surface area contributed by atoms with Crippen molar-refractivity contribution >= 4 is 33.1 Å². The fourth-order valence-corrected chi connectivity index (χ4v) is 1.94. The van der Waals surface area contributed by atoms with Crippen LogP contribution >= 0.6 is 15.9 Å². The Bertz CT molecular complexity index is 696. The summed E-state index contributed by atoms with van der Waals surface area (Å²) in [6, 6.07) is 13.2. The number of benzene rings is 2. The third-order valence-corrected chi connectivity index (χ3v) is 3.23. The van der Waals surface area contributed by atoms with Crippen molar-refractivity contribution in [1.82, 2.24) is 0 Å². The van der Waals surface area contributed by atoms with Gasteiger partial charge in [-0.3, -0.25) is 14.9 Å². The molecule has 0 spiro atoms. The number of nitrogens with zero attached hydrogens (tertiary/aromatic N) is 1. The maximum atomic E-state index is 11.9. The predicted molar refractivity (Wildman–Crippen MR) is 84.3 cm³/mol. The maximum Gasteiger partial charge on any atom is 0.292 e. The molecule has 6 heteroatoms. The number of nitro benzene ring substituents is 1.